The highest BCUT2D eigenvalue weighted by Gasteiger charge is 2.08. The minimum absolute atomic E-state index is 0.0150. The maximum atomic E-state index is 11.9. The van der Waals surface area contributed by atoms with Gasteiger partial charge in [0.25, 0.3) is 0 Å². The molecule has 6 heteroatoms. The van der Waals surface area contributed by atoms with Crippen LogP contribution in [0.15, 0.2) is 28.6 Å². The number of anilines is 1. The van der Waals surface area contributed by atoms with Gasteiger partial charge < -0.3 is 5.32 Å². The van der Waals surface area contributed by atoms with Crippen molar-refractivity contribution >= 4 is 34.1 Å². The smallest absolute Gasteiger partial charge is 0.226 e. The van der Waals surface area contributed by atoms with Crippen molar-refractivity contribution in [1.29, 1.82) is 0 Å². The molecule has 0 spiro atoms. The molecule has 1 amide bonds. The van der Waals surface area contributed by atoms with Crippen molar-refractivity contribution in [2.75, 3.05) is 11.1 Å². The Morgan fingerprint density at radius 3 is 2.57 bits per heavy atom. The molecule has 1 N–H and O–H groups in total. The van der Waals surface area contributed by atoms with E-state index >= 15 is 0 Å². The summed E-state index contributed by atoms with van der Waals surface area (Å²) in [6, 6.07) is 8.42. The number of benzene rings is 1. The van der Waals surface area contributed by atoms with Crippen LogP contribution in [0.2, 0.25) is 0 Å². The van der Waals surface area contributed by atoms with E-state index in [1.54, 1.807) is 11.8 Å². The highest BCUT2D eigenvalue weighted by Crippen LogP contribution is 2.25. The van der Waals surface area contributed by atoms with Gasteiger partial charge in [0.15, 0.2) is 4.34 Å². The number of thioether (sulfide) groups is 1. The Labute approximate surface area is 133 Å². The van der Waals surface area contributed by atoms with Crippen LogP contribution in [0.4, 0.5) is 5.13 Å². The lowest BCUT2D eigenvalue weighted by atomic mass is 10.1. The fourth-order valence-corrected chi connectivity index (χ4v) is 3.49. The van der Waals surface area contributed by atoms with E-state index in [0.717, 1.165) is 22.9 Å². The summed E-state index contributed by atoms with van der Waals surface area (Å²) in [7, 11) is 0. The first-order valence-electron chi connectivity index (χ1n) is 7.05. The molecule has 1 aromatic carbocycles. The van der Waals surface area contributed by atoms with E-state index in [-0.39, 0.29) is 5.91 Å². The van der Waals surface area contributed by atoms with Gasteiger partial charge in [0.05, 0.1) is 0 Å². The fourth-order valence-electron chi connectivity index (χ4n) is 1.82. The molecule has 4 nitrogen and oxygen atoms in total. The molecule has 112 valence electrons. The van der Waals surface area contributed by atoms with Crippen LogP contribution in [-0.4, -0.2) is 21.9 Å². The molecule has 0 saturated carbocycles. The van der Waals surface area contributed by atoms with Crippen molar-refractivity contribution < 1.29 is 4.79 Å². The molecule has 0 fully saturated rings. The quantitative estimate of drug-likeness (QED) is 0.623. The molecule has 21 heavy (non-hydrogen) atoms. The van der Waals surface area contributed by atoms with Crippen molar-refractivity contribution in [2.24, 2.45) is 0 Å². The fraction of sp³-hybridized carbons (Fsp3) is 0.400. The Kier molecular flexibility index (Phi) is 6.20. The van der Waals surface area contributed by atoms with E-state index in [9.17, 15) is 4.79 Å². The Morgan fingerprint density at radius 2 is 1.90 bits per heavy atom. The second-order valence-corrected chi connectivity index (χ2v) is 7.01. The third-order valence-electron chi connectivity index (χ3n) is 2.99. The van der Waals surface area contributed by atoms with Gasteiger partial charge in [0.2, 0.25) is 11.0 Å². The van der Waals surface area contributed by atoms with Crippen molar-refractivity contribution in [2.45, 2.75) is 37.4 Å². The zero-order valence-corrected chi connectivity index (χ0v) is 13.9. The molecule has 0 aliphatic heterocycles. The first-order valence-corrected chi connectivity index (χ1v) is 8.85. The number of rotatable bonds is 7. The van der Waals surface area contributed by atoms with Gasteiger partial charge in [-0.1, -0.05) is 61.2 Å². The number of aryl methyl sites for hydroxylation is 2. The molecule has 0 bridgehead atoms. The van der Waals surface area contributed by atoms with Gasteiger partial charge in [0.1, 0.15) is 0 Å². The summed E-state index contributed by atoms with van der Waals surface area (Å²) < 4.78 is 0.892. The monoisotopic (exact) mass is 321 g/mol. The van der Waals surface area contributed by atoms with E-state index in [1.165, 1.54) is 22.5 Å². The third kappa shape index (κ3) is 5.13. The van der Waals surface area contributed by atoms with E-state index < -0.39 is 0 Å². The predicted molar refractivity (Wildman–Crippen MR) is 89.1 cm³/mol. The van der Waals surface area contributed by atoms with Crippen molar-refractivity contribution in [3.05, 3.63) is 35.4 Å². The predicted octanol–water partition coefficient (Wildman–Crippen LogP) is 3.78. The largest absolute Gasteiger partial charge is 0.300 e. The first kappa shape index (κ1) is 16.0. The normalized spacial score (nSPS) is 10.6. The second kappa shape index (κ2) is 8.14. The van der Waals surface area contributed by atoms with Crippen molar-refractivity contribution in [3.8, 4) is 0 Å². The Hall–Kier alpha value is -1.40. The van der Waals surface area contributed by atoms with Gasteiger partial charge in [0, 0.05) is 6.42 Å². The lowest BCUT2D eigenvalue weighted by Crippen LogP contribution is -2.12. The minimum atomic E-state index is -0.0150. The number of hydrogen-bond acceptors (Lipinski definition) is 5. The number of carbonyl (C=O) groups excluding carboxylic acids is 1. The van der Waals surface area contributed by atoms with Gasteiger partial charge >= 0.3 is 0 Å². The maximum Gasteiger partial charge on any atom is 0.226 e. The average Bonchev–Trinajstić information content (AvgIpc) is 2.93. The number of carbonyl (C=O) groups is 1. The lowest BCUT2D eigenvalue weighted by Gasteiger charge is -2.03. The highest BCUT2D eigenvalue weighted by molar-refractivity contribution is 8.01. The summed E-state index contributed by atoms with van der Waals surface area (Å²) in [5, 5.41) is 11.4. The van der Waals surface area contributed by atoms with Gasteiger partial charge in [-0.2, -0.15) is 0 Å². The molecule has 0 radical (unpaired) electrons. The van der Waals surface area contributed by atoms with Crippen LogP contribution in [0, 0.1) is 0 Å². The Morgan fingerprint density at radius 1 is 1.19 bits per heavy atom. The molecule has 0 saturated heterocycles. The zero-order valence-electron chi connectivity index (χ0n) is 12.3. The van der Waals surface area contributed by atoms with Gasteiger partial charge in [-0.3, -0.25) is 4.79 Å². The van der Waals surface area contributed by atoms with E-state index in [0.29, 0.717) is 11.6 Å². The van der Waals surface area contributed by atoms with E-state index in [4.69, 9.17) is 0 Å². The summed E-state index contributed by atoms with van der Waals surface area (Å²) in [6.45, 7) is 4.20. The molecule has 1 heterocycles. The van der Waals surface area contributed by atoms with Crippen LogP contribution < -0.4 is 5.32 Å². The van der Waals surface area contributed by atoms with Gasteiger partial charge in [-0.05, 0) is 29.7 Å². The van der Waals surface area contributed by atoms with Crippen molar-refractivity contribution in [1.82, 2.24) is 10.2 Å². The van der Waals surface area contributed by atoms with E-state index in [1.807, 2.05) is 0 Å². The Bertz CT molecular complexity index is 581. The van der Waals surface area contributed by atoms with Gasteiger partial charge in [-0.15, -0.1) is 10.2 Å². The van der Waals surface area contributed by atoms with Gasteiger partial charge in [-0.25, -0.2) is 0 Å². The number of aromatic nitrogens is 2. The van der Waals surface area contributed by atoms with Crippen LogP contribution in [-0.2, 0) is 17.6 Å². The summed E-state index contributed by atoms with van der Waals surface area (Å²) in [4.78, 5) is 11.9. The lowest BCUT2D eigenvalue weighted by molar-refractivity contribution is -0.116. The number of nitrogens with zero attached hydrogens (tertiary/aromatic N) is 2. The van der Waals surface area contributed by atoms with Crippen LogP contribution in [0.5, 0.6) is 0 Å². The molecule has 2 rings (SSSR count). The Balaban J connectivity index is 1.80. The topological polar surface area (TPSA) is 54.9 Å². The molecule has 2 aromatic rings. The molecular weight excluding hydrogens is 302 g/mol. The van der Waals surface area contributed by atoms with Crippen LogP contribution in [0.25, 0.3) is 0 Å². The number of amides is 1. The van der Waals surface area contributed by atoms with Crippen LogP contribution in [0.3, 0.4) is 0 Å². The summed E-state index contributed by atoms with van der Waals surface area (Å²) in [5.74, 6) is 0.940. The summed E-state index contributed by atoms with van der Waals surface area (Å²) in [5.41, 5.74) is 2.50. The standard InChI is InChI=1S/C15H19N3OS2/c1-3-11-5-7-12(8-6-11)9-10-13(19)16-14-17-18-15(21-14)20-4-2/h5-8H,3-4,9-10H2,1-2H3,(H,16,17,19). The molecule has 0 aliphatic carbocycles. The van der Waals surface area contributed by atoms with Crippen LogP contribution >= 0.6 is 23.1 Å². The molecular formula is C15H19N3OS2. The number of nitrogens with one attached hydrogen (secondary N) is 1. The SMILES string of the molecule is CCSc1nnc(NC(=O)CCc2ccc(CC)cc2)s1. The molecule has 0 aliphatic rings. The first-order chi connectivity index (χ1) is 10.2. The molecule has 0 atom stereocenters. The average molecular weight is 321 g/mol. The second-order valence-electron chi connectivity index (χ2n) is 4.52. The maximum absolute atomic E-state index is 11.9. The summed E-state index contributed by atoms with van der Waals surface area (Å²) in [6.07, 6.45) is 2.24. The highest BCUT2D eigenvalue weighted by atomic mass is 32.2. The van der Waals surface area contributed by atoms with Crippen LogP contribution in [0.1, 0.15) is 31.4 Å². The molecule has 1 aromatic heterocycles. The minimum Gasteiger partial charge on any atom is -0.300 e. The zero-order chi connectivity index (χ0) is 15.1. The van der Waals surface area contributed by atoms with E-state index in [2.05, 4.69) is 53.6 Å². The number of hydrogen-bond donors (Lipinski definition) is 1. The summed E-state index contributed by atoms with van der Waals surface area (Å²) >= 11 is 3.05. The van der Waals surface area contributed by atoms with Crippen molar-refractivity contribution in [3.63, 3.8) is 0 Å². The molecule has 0 unspecified atom stereocenters. The third-order valence-corrected chi connectivity index (χ3v) is 4.85.